The zero-order valence-corrected chi connectivity index (χ0v) is 9.55. The minimum absolute atomic E-state index is 0.0743. The molecule has 1 aromatic carbocycles. The maximum atomic E-state index is 11.2. The molecule has 18 heavy (non-hydrogen) atoms. The summed E-state index contributed by atoms with van der Waals surface area (Å²) in [7, 11) is 0. The van der Waals surface area contributed by atoms with Gasteiger partial charge in [-0.15, -0.1) is 0 Å². The highest BCUT2D eigenvalue weighted by Crippen LogP contribution is 2.10. The molecule has 6 heteroatoms. The standard InChI is InChI=1S/C12H12N2O4/c13-7-9-1-3-10(4-2-9)18-8-11(15)14-6-5-12(16)17/h1-4H,5-6,8H2,(H,14,15)(H,16,17). The number of rotatable bonds is 6. The molecule has 0 heterocycles. The topological polar surface area (TPSA) is 99.4 Å². The van der Waals surface area contributed by atoms with Gasteiger partial charge in [0.15, 0.2) is 6.61 Å². The second-order valence-electron chi connectivity index (χ2n) is 3.42. The van der Waals surface area contributed by atoms with Gasteiger partial charge < -0.3 is 15.2 Å². The number of carbonyl (C=O) groups is 2. The van der Waals surface area contributed by atoms with Crippen molar-refractivity contribution in [2.75, 3.05) is 13.2 Å². The molecule has 0 saturated carbocycles. The largest absolute Gasteiger partial charge is 0.484 e. The molecular formula is C12H12N2O4. The molecule has 0 bridgehead atoms. The van der Waals surface area contributed by atoms with Crippen LogP contribution in [0.3, 0.4) is 0 Å². The fourth-order valence-corrected chi connectivity index (χ4v) is 1.13. The van der Waals surface area contributed by atoms with E-state index in [1.165, 1.54) is 0 Å². The fourth-order valence-electron chi connectivity index (χ4n) is 1.13. The molecule has 1 amide bonds. The van der Waals surface area contributed by atoms with E-state index in [1.807, 2.05) is 6.07 Å². The van der Waals surface area contributed by atoms with Gasteiger partial charge in [0.1, 0.15) is 5.75 Å². The van der Waals surface area contributed by atoms with Crippen molar-refractivity contribution in [1.82, 2.24) is 5.32 Å². The Balaban J connectivity index is 2.29. The van der Waals surface area contributed by atoms with Crippen LogP contribution in [0.25, 0.3) is 0 Å². The van der Waals surface area contributed by atoms with Crippen molar-refractivity contribution in [3.8, 4) is 11.8 Å². The molecule has 0 spiro atoms. The summed E-state index contributed by atoms with van der Waals surface area (Å²) in [6, 6.07) is 8.30. The number of nitrogens with zero attached hydrogens (tertiary/aromatic N) is 1. The van der Waals surface area contributed by atoms with E-state index >= 15 is 0 Å². The van der Waals surface area contributed by atoms with Gasteiger partial charge in [0.05, 0.1) is 18.1 Å². The predicted molar refractivity (Wildman–Crippen MR) is 61.9 cm³/mol. The number of hydrogen-bond acceptors (Lipinski definition) is 4. The van der Waals surface area contributed by atoms with Gasteiger partial charge in [0.25, 0.3) is 5.91 Å². The molecule has 0 atom stereocenters. The van der Waals surface area contributed by atoms with E-state index in [2.05, 4.69) is 5.32 Å². The van der Waals surface area contributed by atoms with Gasteiger partial charge in [-0.1, -0.05) is 0 Å². The first-order valence-electron chi connectivity index (χ1n) is 5.23. The molecule has 1 aromatic rings. The maximum Gasteiger partial charge on any atom is 0.305 e. The Morgan fingerprint density at radius 3 is 2.56 bits per heavy atom. The zero-order chi connectivity index (χ0) is 13.4. The first-order chi connectivity index (χ1) is 8.61. The van der Waals surface area contributed by atoms with Crippen molar-refractivity contribution in [3.05, 3.63) is 29.8 Å². The molecule has 0 radical (unpaired) electrons. The molecule has 0 aliphatic carbocycles. The molecule has 0 saturated heterocycles. The molecule has 1 rings (SSSR count). The normalized spacial score (nSPS) is 9.28. The number of ether oxygens (including phenoxy) is 1. The van der Waals surface area contributed by atoms with Gasteiger partial charge in [-0.25, -0.2) is 0 Å². The SMILES string of the molecule is N#Cc1ccc(OCC(=O)NCCC(=O)O)cc1. The van der Waals surface area contributed by atoms with Crippen molar-refractivity contribution in [1.29, 1.82) is 5.26 Å². The summed E-state index contributed by atoms with van der Waals surface area (Å²) in [5.74, 6) is -0.883. The number of benzene rings is 1. The van der Waals surface area contributed by atoms with Crippen LogP contribution in [-0.2, 0) is 9.59 Å². The Kier molecular flexibility index (Phi) is 5.19. The molecule has 0 fully saturated rings. The lowest BCUT2D eigenvalue weighted by atomic mass is 10.2. The van der Waals surface area contributed by atoms with Crippen LogP contribution in [0.4, 0.5) is 0 Å². The monoisotopic (exact) mass is 248 g/mol. The quantitative estimate of drug-likeness (QED) is 0.764. The number of amides is 1. The van der Waals surface area contributed by atoms with Crippen LogP contribution in [0.5, 0.6) is 5.75 Å². The van der Waals surface area contributed by atoms with Crippen LogP contribution in [0.1, 0.15) is 12.0 Å². The average Bonchev–Trinajstić information content (AvgIpc) is 2.36. The molecule has 0 aliphatic heterocycles. The van der Waals surface area contributed by atoms with Crippen LogP contribution < -0.4 is 10.1 Å². The van der Waals surface area contributed by atoms with E-state index in [-0.39, 0.29) is 25.5 Å². The van der Waals surface area contributed by atoms with Gasteiger partial charge in [0, 0.05) is 6.54 Å². The Bertz CT molecular complexity index is 462. The fraction of sp³-hybridized carbons (Fsp3) is 0.250. The Hall–Kier alpha value is -2.55. The van der Waals surface area contributed by atoms with E-state index in [0.29, 0.717) is 11.3 Å². The minimum Gasteiger partial charge on any atom is -0.484 e. The number of nitriles is 1. The highest BCUT2D eigenvalue weighted by molar-refractivity contribution is 5.78. The number of nitrogens with one attached hydrogen (secondary N) is 1. The second kappa shape index (κ2) is 6.91. The van der Waals surface area contributed by atoms with Crippen molar-refractivity contribution in [3.63, 3.8) is 0 Å². The molecular weight excluding hydrogens is 236 g/mol. The van der Waals surface area contributed by atoms with Gasteiger partial charge in [0.2, 0.25) is 0 Å². The third-order valence-corrected chi connectivity index (χ3v) is 2.01. The minimum atomic E-state index is -0.969. The van der Waals surface area contributed by atoms with E-state index in [4.69, 9.17) is 15.1 Å². The second-order valence-corrected chi connectivity index (χ2v) is 3.42. The zero-order valence-electron chi connectivity index (χ0n) is 9.55. The average molecular weight is 248 g/mol. The van der Waals surface area contributed by atoms with Crippen LogP contribution in [0, 0.1) is 11.3 Å². The predicted octanol–water partition coefficient (Wildman–Crippen LogP) is 0.528. The summed E-state index contributed by atoms with van der Waals surface area (Å²) in [5, 5.41) is 19.4. The Morgan fingerprint density at radius 1 is 1.33 bits per heavy atom. The highest BCUT2D eigenvalue weighted by atomic mass is 16.5. The lowest BCUT2D eigenvalue weighted by Gasteiger charge is -2.06. The smallest absolute Gasteiger partial charge is 0.305 e. The van der Waals surface area contributed by atoms with Crippen LogP contribution in [-0.4, -0.2) is 30.1 Å². The van der Waals surface area contributed by atoms with Crippen molar-refractivity contribution >= 4 is 11.9 Å². The number of carboxylic acid groups (broad SMARTS) is 1. The lowest BCUT2D eigenvalue weighted by molar-refractivity contribution is -0.137. The third-order valence-electron chi connectivity index (χ3n) is 2.01. The summed E-state index contributed by atoms with van der Waals surface area (Å²) >= 11 is 0. The van der Waals surface area contributed by atoms with Gasteiger partial charge in [-0.2, -0.15) is 5.26 Å². The summed E-state index contributed by atoms with van der Waals surface area (Å²) in [6.45, 7) is -0.115. The molecule has 2 N–H and O–H groups in total. The van der Waals surface area contributed by atoms with Crippen LogP contribution >= 0.6 is 0 Å². The van der Waals surface area contributed by atoms with E-state index in [9.17, 15) is 9.59 Å². The number of carbonyl (C=O) groups excluding carboxylic acids is 1. The maximum absolute atomic E-state index is 11.2. The summed E-state index contributed by atoms with van der Waals surface area (Å²) < 4.78 is 5.16. The Labute approximate surface area is 104 Å². The number of carboxylic acids is 1. The lowest BCUT2D eigenvalue weighted by Crippen LogP contribution is -2.30. The first-order valence-corrected chi connectivity index (χ1v) is 5.23. The van der Waals surface area contributed by atoms with Gasteiger partial charge >= 0.3 is 5.97 Å². The van der Waals surface area contributed by atoms with Crippen molar-refractivity contribution in [2.45, 2.75) is 6.42 Å². The molecule has 0 unspecified atom stereocenters. The third kappa shape index (κ3) is 4.99. The van der Waals surface area contributed by atoms with Crippen LogP contribution in [0.15, 0.2) is 24.3 Å². The molecule has 0 aliphatic rings. The van der Waals surface area contributed by atoms with Crippen molar-refractivity contribution in [2.24, 2.45) is 0 Å². The number of aliphatic carboxylic acids is 1. The van der Waals surface area contributed by atoms with E-state index < -0.39 is 5.97 Å². The van der Waals surface area contributed by atoms with E-state index in [1.54, 1.807) is 24.3 Å². The highest BCUT2D eigenvalue weighted by Gasteiger charge is 2.03. The molecule has 94 valence electrons. The Morgan fingerprint density at radius 2 is 2.00 bits per heavy atom. The number of hydrogen-bond donors (Lipinski definition) is 2. The van der Waals surface area contributed by atoms with Crippen molar-refractivity contribution < 1.29 is 19.4 Å². The first kappa shape index (κ1) is 13.5. The van der Waals surface area contributed by atoms with Crippen LogP contribution in [0.2, 0.25) is 0 Å². The molecule has 0 aromatic heterocycles. The van der Waals surface area contributed by atoms with E-state index in [0.717, 1.165) is 0 Å². The summed E-state index contributed by atoms with van der Waals surface area (Å²) in [4.78, 5) is 21.5. The molecule has 6 nitrogen and oxygen atoms in total. The van der Waals surface area contributed by atoms with Gasteiger partial charge in [-0.3, -0.25) is 9.59 Å². The van der Waals surface area contributed by atoms with Gasteiger partial charge in [-0.05, 0) is 24.3 Å². The summed E-state index contributed by atoms with van der Waals surface area (Å²) in [5.41, 5.74) is 0.508. The summed E-state index contributed by atoms with van der Waals surface area (Å²) in [6.07, 6.45) is -0.122.